The maximum Gasteiger partial charge on any atom is 0.305 e. The fourth-order valence-corrected chi connectivity index (χ4v) is 4.80. The third-order valence-electron chi connectivity index (χ3n) is 7.25. The molecule has 0 fully saturated rings. The first-order valence-electron chi connectivity index (χ1n) is 14.8. The number of carbonyl (C=O) groups excluding carboxylic acids is 1. The van der Waals surface area contributed by atoms with Gasteiger partial charge in [-0.3, -0.25) is 4.79 Å². The predicted octanol–water partition coefficient (Wildman–Crippen LogP) is 7.74. The molecule has 0 saturated carbocycles. The average Bonchev–Trinajstić information content (AvgIpc) is 3.53. The van der Waals surface area contributed by atoms with Crippen molar-refractivity contribution in [2.24, 2.45) is 5.92 Å². The number of allylic oxidation sites excluding steroid dienone is 1. The number of hydrogen-bond donors (Lipinski definition) is 1. The van der Waals surface area contributed by atoms with E-state index in [1.54, 1.807) is 0 Å². The number of carbonyl (C=O) groups is 1. The normalized spacial score (nSPS) is 12.4. The van der Waals surface area contributed by atoms with E-state index in [2.05, 4.69) is 96.0 Å². The molecule has 1 atom stereocenters. The number of rotatable bonds is 14. The number of tetrazole rings is 1. The third kappa shape index (κ3) is 9.40. The zero-order valence-corrected chi connectivity index (χ0v) is 25.2. The minimum Gasteiger partial charge on any atom is -0.488 e. The number of H-pyrrole nitrogens is 1. The second kappa shape index (κ2) is 15.1. The van der Waals surface area contributed by atoms with Gasteiger partial charge >= 0.3 is 5.97 Å². The van der Waals surface area contributed by atoms with Crippen LogP contribution < -0.4 is 4.74 Å². The molecule has 0 aliphatic carbocycles. The van der Waals surface area contributed by atoms with E-state index in [0.717, 1.165) is 48.1 Å². The zero-order chi connectivity index (χ0) is 29.8. The molecule has 42 heavy (non-hydrogen) atoms. The lowest BCUT2D eigenvalue weighted by Gasteiger charge is -2.19. The lowest BCUT2D eigenvalue weighted by molar-refractivity contribution is -0.143. The van der Waals surface area contributed by atoms with Gasteiger partial charge in [-0.2, -0.15) is 5.21 Å². The van der Waals surface area contributed by atoms with Crippen LogP contribution in [-0.2, 0) is 28.0 Å². The Morgan fingerprint density at radius 1 is 0.952 bits per heavy atom. The molecular weight excluding hydrogens is 524 g/mol. The van der Waals surface area contributed by atoms with Crippen molar-refractivity contribution >= 4 is 12.0 Å². The first kappa shape index (κ1) is 30.7. The van der Waals surface area contributed by atoms with Crippen molar-refractivity contribution in [2.75, 3.05) is 6.61 Å². The van der Waals surface area contributed by atoms with Crippen LogP contribution in [0, 0.1) is 5.92 Å². The van der Waals surface area contributed by atoms with Gasteiger partial charge in [0, 0.05) is 17.5 Å². The summed E-state index contributed by atoms with van der Waals surface area (Å²) in [7, 11) is 0. The third-order valence-corrected chi connectivity index (χ3v) is 7.25. The van der Waals surface area contributed by atoms with Crippen LogP contribution in [0.2, 0.25) is 0 Å². The molecule has 0 amide bonds. The second-order valence-electron chi connectivity index (χ2n) is 11.6. The van der Waals surface area contributed by atoms with Crippen LogP contribution in [0.3, 0.4) is 0 Å². The first-order valence-corrected chi connectivity index (χ1v) is 14.8. The van der Waals surface area contributed by atoms with Gasteiger partial charge in [0.25, 0.3) is 0 Å². The lowest BCUT2D eigenvalue weighted by Crippen LogP contribution is -2.10. The Bertz CT molecular complexity index is 1410. The summed E-state index contributed by atoms with van der Waals surface area (Å²) >= 11 is 0. The molecule has 0 radical (unpaired) electrons. The molecule has 4 rings (SSSR count). The summed E-state index contributed by atoms with van der Waals surface area (Å²) in [5.41, 5.74) is 5.78. The molecule has 7 nitrogen and oxygen atoms in total. The summed E-state index contributed by atoms with van der Waals surface area (Å²) in [6, 6.07) is 25.1. The molecule has 1 N–H and O–H groups in total. The Hall–Kier alpha value is -4.26. The molecule has 0 bridgehead atoms. The smallest absolute Gasteiger partial charge is 0.305 e. The van der Waals surface area contributed by atoms with Crippen LogP contribution in [0.4, 0.5) is 0 Å². The van der Waals surface area contributed by atoms with Gasteiger partial charge in [0.2, 0.25) is 5.82 Å². The van der Waals surface area contributed by atoms with Gasteiger partial charge in [-0.25, -0.2) is 0 Å². The quantitative estimate of drug-likeness (QED) is 0.124. The minimum atomic E-state index is -0.124. The summed E-state index contributed by atoms with van der Waals surface area (Å²) in [6.07, 6.45) is 8.50. The van der Waals surface area contributed by atoms with Crippen molar-refractivity contribution in [3.8, 4) is 17.1 Å². The number of unbranched alkanes of at least 4 members (excludes halogenated alkanes) is 1. The van der Waals surface area contributed by atoms with Crippen molar-refractivity contribution in [1.82, 2.24) is 20.6 Å². The van der Waals surface area contributed by atoms with Crippen LogP contribution >= 0.6 is 0 Å². The average molecular weight is 567 g/mol. The highest BCUT2D eigenvalue weighted by molar-refractivity contribution is 5.69. The van der Waals surface area contributed by atoms with Gasteiger partial charge in [-0.1, -0.05) is 106 Å². The Morgan fingerprint density at radius 2 is 1.69 bits per heavy atom. The number of aromatic nitrogens is 4. The fourth-order valence-electron chi connectivity index (χ4n) is 4.80. The maximum atomic E-state index is 11.8. The fraction of sp³-hybridized carbons (Fsp3) is 0.371. The van der Waals surface area contributed by atoms with E-state index in [4.69, 9.17) is 9.47 Å². The molecule has 1 aromatic heterocycles. The molecular formula is C35H42N4O3. The van der Waals surface area contributed by atoms with E-state index in [-0.39, 0.29) is 11.4 Å². The van der Waals surface area contributed by atoms with Gasteiger partial charge in [-0.05, 0) is 65.5 Å². The van der Waals surface area contributed by atoms with Crippen molar-refractivity contribution < 1.29 is 14.3 Å². The Balaban J connectivity index is 1.43. The molecule has 7 heteroatoms. The van der Waals surface area contributed by atoms with E-state index in [1.807, 2.05) is 37.3 Å². The number of nitrogens with one attached hydrogen (secondary N) is 1. The highest BCUT2D eigenvalue weighted by Gasteiger charge is 2.13. The summed E-state index contributed by atoms with van der Waals surface area (Å²) in [5, 5.41) is 14.3. The number of benzene rings is 3. The molecule has 0 spiro atoms. The number of ether oxygens (including phenoxy) is 2. The highest BCUT2D eigenvalue weighted by atomic mass is 16.5. The summed E-state index contributed by atoms with van der Waals surface area (Å²) < 4.78 is 11.4. The standard InChI is InChI=1S/C35H42N4O3/c1-5-41-33(40)13-9-6-10-26(24-27-15-20-30(21-16-27)34-36-38-39-37-34)14-19-29-11-7-8-12-32(29)42-25-28-17-22-31(23-18-28)35(2,3)4/h7-8,11-12,14-23,26H,5-6,9-10,13,24-25H2,1-4H3,(H,36,37,38,39). The summed E-state index contributed by atoms with van der Waals surface area (Å²) in [6.45, 7) is 9.44. The predicted molar refractivity (Wildman–Crippen MR) is 167 cm³/mol. The number of hydrogen-bond acceptors (Lipinski definition) is 6. The van der Waals surface area contributed by atoms with Gasteiger partial charge in [-0.15, -0.1) is 10.2 Å². The monoisotopic (exact) mass is 566 g/mol. The van der Waals surface area contributed by atoms with Gasteiger partial charge in [0.05, 0.1) is 6.61 Å². The molecule has 4 aromatic rings. The number of para-hydroxylation sites is 1. The summed E-state index contributed by atoms with van der Waals surface area (Å²) in [5.74, 6) is 1.61. The highest BCUT2D eigenvalue weighted by Crippen LogP contribution is 2.26. The van der Waals surface area contributed by atoms with Gasteiger partial charge in [0.1, 0.15) is 12.4 Å². The molecule has 0 saturated heterocycles. The molecule has 0 aliphatic heterocycles. The van der Waals surface area contributed by atoms with Gasteiger partial charge in [0.15, 0.2) is 0 Å². The maximum absolute atomic E-state index is 11.8. The Morgan fingerprint density at radius 3 is 2.38 bits per heavy atom. The van der Waals surface area contributed by atoms with Crippen molar-refractivity contribution in [3.05, 3.63) is 101 Å². The molecule has 220 valence electrons. The van der Waals surface area contributed by atoms with Crippen LogP contribution in [0.25, 0.3) is 17.5 Å². The minimum absolute atomic E-state index is 0.124. The van der Waals surface area contributed by atoms with E-state index in [9.17, 15) is 4.79 Å². The number of esters is 1. The van der Waals surface area contributed by atoms with E-state index in [1.165, 1.54) is 11.1 Å². The van der Waals surface area contributed by atoms with Crippen molar-refractivity contribution in [3.63, 3.8) is 0 Å². The largest absolute Gasteiger partial charge is 0.488 e. The van der Waals surface area contributed by atoms with E-state index >= 15 is 0 Å². The van der Waals surface area contributed by atoms with Crippen LogP contribution in [-0.4, -0.2) is 33.2 Å². The molecule has 1 heterocycles. The SMILES string of the molecule is CCOC(=O)CCCCC(C=Cc1ccccc1OCc1ccc(C(C)(C)C)cc1)Cc1ccc(-c2nn[nH]n2)cc1. The lowest BCUT2D eigenvalue weighted by atomic mass is 9.87. The number of nitrogens with zero attached hydrogens (tertiary/aromatic N) is 3. The van der Waals surface area contributed by atoms with Crippen LogP contribution in [0.5, 0.6) is 5.75 Å². The zero-order valence-electron chi connectivity index (χ0n) is 25.2. The van der Waals surface area contributed by atoms with Crippen molar-refractivity contribution in [2.45, 2.75) is 71.8 Å². The Labute approximate surface area is 249 Å². The van der Waals surface area contributed by atoms with Crippen molar-refractivity contribution in [1.29, 1.82) is 0 Å². The molecule has 0 aliphatic rings. The first-order chi connectivity index (χ1) is 20.3. The molecule has 1 unspecified atom stereocenters. The van der Waals surface area contributed by atoms with Crippen LogP contribution in [0.15, 0.2) is 78.9 Å². The van der Waals surface area contributed by atoms with Crippen LogP contribution in [0.1, 0.15) is 75.6 Å². The molecule has 3 aromatic carbocycles. The number of aromatic amines is 1. The van der Waals surface area contributed by atoms with E-state index < -0.39 is 0 Å². The topological polar surface area (TPSA) is 90.0 Å². The van der Waals surface area contributed by atoms with E-state index in [0.29, 0.717) is 31.4 Å². The van der Waals surface area contributed by atoms with Gasteiger partial charge < -0.3 is 9.47 Å². The summed E-state index contributed by atoms with van der Waals surface area (Å²) in [4.78, 5) is 11.8. The second-order valence-corrected chi connectivity index (χ2v) is 11.6. The Kier molecular flexibility index (Phi) is 11.0.